The van der Waals surface area contributed by atoms with E-state index in [1.807, 2.05) is 42.8 Å². The van der Waals surface area contributed by atoms with Crippen LogP contribution in [0.1, 0.15) is 19.2 Å². The van der Waals surface area contributed by atoms with Gasteiger partial charge in [-0.25, -0.2) is 4.98 Å². The quantitative estimate of drug-likeness (QED) is 0.829. The van der Waals surface area contributed by atoms with Gasteiger partial charge >= 0.3 is 0 Å². The van der Waals surface area contributed by atoms with Crippen molar-refractivity contribution in [3.05, 3.63) is 30.1 Å². The summed E-state index contributed by atoms with van der Waals surface area (Å²) in [4.78, 5) is 4.50. The molecule has 0 radical (unpaired) electrons. The summed E-state index contributed by atoms with van der Waals surface area (Å²) in [5, 5.41) is 9.61. The summed E-state index contributed by atoms with van der Waals surface area (Å²) in [5.74, 6) is 0.950. The van der Waals surface area contributed by atoms with Gasteiger partial charge in [0.15, 0.2) is 0 Å². The molecule has 0 fully saturated rings. The molecule has 1 heterocycles. The normalized spacial score (nSPS) is 13.3. The van der Waals surface area contributed by atoms with Crippen LogP contribution in [0.25, 0.3) is 11.0 Å². The molecule has 0 amide bonds. The molecule has 1 N–H and O–H groups in total. The van der Waals surface area contributed by atoms with Gasteiger partial charge in [-0.05, 0) is 18.6 Å². The van der Waals surface area contributed by atoms with Crippen LogP contribution in [0.4, 0.5) is 0 Å². The van der Waals surface area contributed by atoms with Crippen LogP contribution in [-0.4, -0.2) is 20.8 Å². The predicted molar refractivity (Wildman–Crippen MR) is 60.7 cm³/mol. The largest absolute Gasteiger partial charge is 0.393 e. The number of para-hydroxylation sites is 2. The number of aliphatic hydroxyl groups is 1. The SMILES string of the molecule is CCC(O)Cc1nc2ccccc2n1C. The third kappa shape index (κ3) is 1.88. The van der Waals surface area contributed by atoms with Gasteiger partial charge in [0, 0.05) is 13.5 Å². The van der Waals surface area contributed by atoms with Gasteiger partial charge in [0.05, 0.1) is 17.1 Å². The number of imidazole rings is 1. The van der Waals surface area contributed by atoms with Crippen molar-refractivity contribution in [3.63, 3.8) is 0 Å². The van der Waals surface area contributed by atoms with Crippen LogP contribution in [0.5, 0.6) is 0 Å². The lowest BCUT2D eigenvalue weighted by atomic mass is 10.2. The van der Waals surface area contributed by atoms with Gasteiger partial charge < -0.3 is 9.67 Å². The maximum absolute atomic E-state index is 9.61. The number of benzene rings is 1. The first-order chi connectivity index (χ1) is 7.22. The number of hydrogen-bond acceptors (Lipinski definition) is 2. The minimum absolute atomic E-state index is 0.291. The van der Waals surface area contributed by atoms with Gasteiger partial charge in [0.2, 0.25) is 0 Å². The second-order valence-corrected chi connectivity index (χ2v) is 3.84. The summed E-state index contributed by atoms with van der Waals surface area (Å²) >= 11 is 0. The van der Waals surface area contributed by atoms with E-state index in [1.54, 1.807) is 0 Å². The lowest BCUT2D eigenvalue weighted by Crippen LogP contribution is -2.12. The fourth-order valence-electron chi connectivity index (χ4n) is 1.73. The third-order valence-electron chi connectivity index (χ3n) is 2.77. The molecular weight excluding hydrogens is 188 g/mol. The number of aliphatic hydroxyl groups excluding tert-OH is 1. The molecule has 3 nitrogen and oxygen atoms in total. The van der Waals surface area contributed by atoms with Crippen LogP contribution < -0.4 is 0 Å². The molecule has 0 saturated carbocycles. The van der Waals surface area contributed by atoms with E-state index in [2.05, 4.69) is 4.98 Å². The van der Waals surface area contributed by atoms with Gasteiger partial charge in [-0.1, -0.05) is 19.1 Å². The van der Waals surface area contributed by atoms with Crippen LogP contribution in [-0.2, 0) is 13.5 Å². The highest BCUT2D eigenvalue weighted by molar-refractivity contribution is 5.75. The molecule has 2 rings (SSSR count). The lowest BCUT2D eigenvalue weighted by molar-refractivity contribution is 0.167. The van der Waals surface area contributed by atoms with E-state index in [0.717, 1.165) is 23.3 Å². The predicted octanol–water partition coefficient (Wildman–Crippen LogP) is 1.89. The Labute approximate surface area is 89.4 Å². The Hall–Kier alpha value is -1.35. The molecular formula is C12H16N2O. The van der Waals surface area contributed by atoms with E-state index in [1.165, 1.54) is 0 Å². The molecule has 1 atom stereocenters. The molecule has 1 aromatic heterocycles. The molecule has 2 aromatic rings. The zero-order chi connectivity index (χ0) is 10.8. The number of hydrogen-bond donors (Lipinski definition) is 1. The average molecular weight is 204 g/mol. The number of nitrogens with zero attached hydrogens (tertiary/aromatic N) is 2. The van der Waals surface area contributed by atoms with E-state index in [-0.39, 0.29) is 6.10 Å². The Balaban J connectivity index is 2.40. The Kier molecular flexibility index (Phi) is 2.73. The molecule has 3 heteroatoms. The summed E-state index contributed by atoms with van der Waals surface area (Å²) in [7, 11) is 1.99. The van der Waals surface area contributed by atoms with Crippen molar-refractivity contribution in [2.24, 2.45) is 7.05 Å². The van der Waals surface area contributed by atoms with E-state index >= 15 is 0 Å². The topological polar surface area (TPSA) is 38.1 Å². The molecule has 0 aliphatic rings. The first kappa shape index (κ1) is 10.2. The molecule has 0 aliphatic heterocycles. The zero-order valence-electron chi connectivity index (χ0n) is 9.14. The summed E-state index contributed by atoms with van der Waals surface area (Å²) < 4.78 is 2.05. The summed E-state index contributed by atoms with van der Waals surface area (Å²) in [6.07, 6.45) is 1.10. The first-order valence-electron chi connectivity index (χ1n) is 5.30. The first-order valence-corrected chi connectivity index (χ1v) is 5.30. The maximum atomic E-state index is 9.61. The Bertz CT molecular complexity index is 462. The van der Waals surface area contributed by atoms with Crippen molar-refractivity contribution in [2.45, 2.75) is 25.9 Å². The third-order valence-corrected chi connectivity index (χ3v) is 2.77. The lowest BCUT2D eigenvalue weighted by Gasteiger charge is -2.06. The van der Waals surface area contributed by atoms with Gasteiger partial charge in [0.25, 0.3) is 0 Å². The van der Waals surface area contributed by atoms with E-state index in [0.29, 0.717) is 6.42 Å². The molecule has 0 saturated heterocycles. The Morgan fingerprint density at radius 1 is 1.40 bits per heavy atom. The van der Waals surface area contributed by atoms with Crippen LogP contribution in [0, 0.1) is 0 Å². The minimum Gasteiger partial charge on any atom is -0.393 e. The van der Waals surface area contributed by atoms with Crippen molar-refractivity contribution < 1.29 is 5.11 Å². The highest BCUT2D eigenvalue weighted by Gasteiger charge is 2.10. The van der Waals surface area contributed by atoms with Crippen LogP contribution in [0.3, 0.4) is 0 Å². The van der Waals surface area contributed by atoms with Crippen LogP contribution in [0.15, 0.2) is 24.3 Å². The minimum atomic E-state index is -0.291. The standard InChI is InChI=1S/C12H16N2O/c1-3-9(15)8-12-13-10-6-4-5-7-11(10)14(12)2/h4-7,9,15H,3,8H2,1-2H3. The molecule has 80 valence electrons. The fourth-order valence-corrected chi connectivity index (χ4v) is 1.73. The second-order valence-electron chi connectivity index (χ2n) is 3.84. The smallest absolute Gasteiger partial charge is 0.112 e. The molecule has 1 unspecified atom stereocenters. The van der Waals surface area contributed by atoms with E-state index in [9.17, 15) is 5.11 Å². The van der Waals surface area contributed by atoms with Gasteiger partial charge in [-0.3, -0.25) is 0 Å². The molecule has 0 aliphatic carbocycles. The van der Waals surface area contributed by atoms with Gasteiger partial charge in [-0.2, -0.15) is 0 Å². The molecule has 15 heavy (non-hydrogen) atoms. The van der Waals surface area contributed by atoms with Crippen molar-refractivity contribution in [1.29, 1.82) is 0 Å². The Morgan fingerprint density at radius 2 is 2.13 bits per heavy atom. The number of aryl methyl sites for hydroxylation is 1. The van der Waals surface area contributed by atoms with Gasteiger partial charge in [-0.15, -0.1) is 0 Å². The molecule has 0 spiro atoms. The van der Waals surface area contributed by atoms with Crippen molar-refractivity contribution >= 4 is 11.0 Å². The number of rotatable bonds is 3. The summed E-state index contributed by atoms with van der Waals surface area (Å²) in [6, 6.07) is 8.03. The highest BCUT2D eigenvalue weighted by Crippen LogP contribution is 2.15. The number of aromatic nitrogens is 2. The average Bonchev–Trinajstić information content (AvgIpc) is 2.57. The van der Waals surface area contributed by atoms with Crippen molar-refractivity contribution in [3.8, 4) is 0 Å². The number of fused-ring (bicyclic) bond motifs is 1. The van der Waals surface area contributed by atoms with Crippen molar-refractivity contribution in [2.75, 3.05) is 0 Å². The van der Waals surface area contributed by atoms with Crippen LogP contribution >= 0.6 is 0 Å². The van der Waals surface area contributed by atoms with Crippen molar-refractivity contribution in [1.82, 2.24) is 9.55 Å². The highest BCUT2D eigenvalue weighted by atomic mass is 16.3. The van der Waals surface area contributed by atoms with Gasteiger partial charge in [0.1, 0.15) is 5.82 Å². The van der Waals surface area contributed by atoms with E-state index in [4.69, 9.17) is 0 Å². The fraction of sp³-hybridized carbons (Fsp3) is 0.417. The summed E-state index contributed by atoms with van der Waals surface area (Å²) in [5.41, 5.74) is 2.12. The van der Waals surface area contributed by atoms with Crippen LogP contribution in [0.2, 0.25) is 0 Å². The monoisotopic (exact) mass is 204 g/mol. The van der Waals surface area contributed by atoms with E-state index < -0.39 is 0 Å². The second kappa shape index (κ2) is 4.03. The zero-order valence-corrected chi connectivity index (χ0v) is 9.14. The maximum Gasteiger partial charge on any atom is 0.112 e. The molecule has 1 aromatic carbocycles. The summed E-state index contributed by atoms with van der Waals surface area (Å²) in [6.45, 7) is 1.98. The molecule has 0 bridgehead atoms. The Morgan fingerprint density at radius 3 is 2.80 bits per heavy atom.